The fraction of sp³-hybridized carbons (Fsp3) is 0.585. The lowest BCUT2D eigenvalue weighted by Gasteiger charge is -2.69. The van der Waals surface area contributed by atoms with E-state index in [9.17, 15) is 38.1 Å². The van der Waals surface area contributed by atoms with Gasteiger partial charge >= 0.3 is 6.18 Å². The van der Waals surface area contributed by atoms with Gasteiger partial charge in [0.15, 0.2) is 11.6 Å². The van der Waals surface area contributed by atoms with Crippen LogP contribution in [-0.4, -0.2) is 23.0 Å². The lowest BCUT2D eigenvalue weighted by Crippen LogP contribution is -2.69. The number of alkyl halides is 3. The number of hydrogen-bond acceptors (Lipinski definition) is 5. The van der Waals surface area contributed by atoms with Crippen molar-refractivity contribution in [3.63, 3.8) is 0 Å². The van der Waals surface area contributed by atoms with Crippen molar-refractivity contribution in [3.8, 4) is 12.1 Å². The number of hydrogen-bond donors (Lipinski definition) is 1. The number of nitriles is 2. The van der Waals surface area contributed by atoms with Crippen LogP contribution < -0.4 is 5.32 Å². The Morgan fingerprint density at radius 2 is 1.58 bits per heavy atom. The van der Waals surface area contributed by atoms with Gasteiger partial charge in [0.05, 0.1) is 22.8 Å². The predicted octanol–water partition coefficient (Wildman–Crippen LogP) is 8.70. The molecule has 3 saturated carbocycles. The lowest BCUT2D eigenvalue weighted by atomic mass is 9.35. The minimum atomic E-state index is -4.52. The van der Waals surface area contributed by atoms with Crippen LogP contribution in [0.3, 0.4) is 0 Å². The molecule has 50 heavy (non-hydrogen) atoms. The first-order valence-electron chi connectivity index (χ1n) is 17.6. The van der Waals surface area contributed by atoms with Crippen LogP contribution >= 0.6 is 0 Å². The fourth-order valence-corrected chi connectivity index (χ4v) is 11.3. The number of benzene rings is 1. The van der Waals surface area contributed by atoms with E-state index >= 15 is 0 Å². The molecule has 7 atom stereocenters. The zero-order valence-electron chi connectivity index (χ0n) is 30.0. The molecule has 3 fully saturated rings. The molecule has 0 bridgehead atoms. The topological polar surface area (TPSA) is 111 Å². The maximum atomic E-state index is 14.7. The van der Waals surface area contributed by atoms with Gasteiger partial charge in [-0.1, -0.05) is 72.2 Å². The van der Waals surface area contributed by atoms with Gasteiger partial charge in [0.1, 0.15) is 6.07 Å². The van der Waals surface area contributed by atoms with Gasteiger partial charge in [0.25, 0.3) is 0 Å². The van der Waals surface area contributed by atoms with Crippen LogP contribution in [-0.2, 0) is 20.6 Å². The monoisotopic (exact) mass is 685 g/mol. The summed E-state index contributed by atoms with van der Waals surface area (Å²) in [6.45, 7) is 14.8. The number of fused-ring (bicyclic) bond motifs is 7. The van der Waals surface area contributed by atoms with Gasteiger partial charge in [-0.3, -0.25) is 14.4 Å². The third kappa shape index (κ3) is 5.13. The molecule has 264 valence electrons. The van der Waals surface area contributed by atoms with Crippen molar-refractivity contribution in [3.05, 3.63) is 64.8 Å². The summed E-state index contributed by atoms with van der Waals surface area (Å²) in [7, 11) is 0. The van der Waals surface area contributed by atoms with Crippen LogP contribution in [0.15, 0.2) is 53.6 Å². The number of carbonyl (C=O) groups excluding carboxylic acids is 3. The SMILES string of the molecule is CC1(C)CC[C@]2(NC(=O)/C=C(\C#N)c3ccc(C(F)(F)F)cc3)CC[C@]3(C)[C@H](C(=O)C=C4[C@@]5(C)C=C(C#N)C(=O)C(C)(C)C5CC[C@]43C)[C@@H]2C1. The van der Waals surface area contributed by atoms with Gasteiger partial charge in [0.2, 0.25) is 5.91 Å². The standard InChI is InChI=1S/C41H46F3N3O3/c1-35(2)14-16-40(47-32(49)18-25(22-45)24-8-10-27(11-9-24)41(42,43)44)17-15-39(7)33(28(40)21-35)29(48)19-31-37(5)20-26(23-46)34(50)36(3,4)30(37)12-13-38(31,39)6/h8-11,18-20,28,30,33H,12-17,21H2,1-7H3,(H,47,49)/b25-18+/t28-,30?,33-,37-,38+,39+,40-/m0/s1. The Hall–Kier alpha value is -3.98. The molecule has 0 aromatic heterocycles. The number of rotatable bonds is 3. The van der Waals surface area contributed by atoms with Crippen molar-refractivity contribution >= 4 is 23.0 Å². The van der Waals surface area contributed by atoms with Crippen molar-refractivity contribution in [2.24, 2.45) is 44.8 Å². The first-order valence-corrected chi connectivity index (χ1v) is 17.6. The lowest BCUT2D eigenvalue weighted by molar-refractivity contribution is -0.163. The molecule has 5 aliphatic rings. The van der Waals surface area contributed by atoms with E-state index in [1.165, 1.54) is 12.1 Å². The third-order valence-corrected chi connectivity index (χ3v) is 14.2. The van der Waals surface area contributed by atoms with E-state index in [0.717, 1.165) is 43.0 Å². The normalized spacial score (nSPS) is 37.4. The molecule has 6 nitrogen and oxygen atoms in total. The van der Waals surface area contributed by atoms with Crippen molar-refractivity contribution in [1.29, 1.82) is 10.5 Å². The average molecular weight is 686 g/mol. The van der Waals surface area contributed by atoms with Gasteiger partial charge in [-0.25, -0.2) is 0 Å². The van der Waals surface area contributed by atoms with E-state index in [2.05, 4.69) is 46.0 Å². The van der Waals surface area contributed by atoms with Crippen LogP contribution in [0.2, 0.25) is 0 Å². The highest BCUT2D eigenvalue weighted by Crippen LogP contribution is 2.73. The van der Waals surface area contributed by atoms with Crippen molar-refractivity contribution in [2.45, 2.75) is 105 Å². The molecule has 6 rings (SSSR count). The van der Waals surface area contributed by atoms with Crippen LogP contribution in [0.1, 0.15) is 105 Å². The van der Waals surface area contributed by atoms with Gasteiger partial charge in [-0.15, -0.1) is 0 Å². The molecule has 1 N–H and O–H groups in total. The summed E-state index contributed by atoms with van der Waals surface area (Å²) >= 11 is 0. The third-order valence-electron chi connectivity index (χ3n) is 14.2. The molecule has 9 heteroatoms. The maximum Gasteiger partial charge on any atom is 0.416 e. The molecule has 0 saturated heterocycles. The highest BCUT2D eigenvalue weighted by Gasteiger charge is 2.70. The average Bonchev–Trinajstić information content (AvgIpc) is 3.03. The number of amides is 1. The van der Waals surface area contributed by atoms with Gasteiger partial charge in [-0.2, -0.15) is 23.7 Å². The second-order valence-corrected chi connectivity index (χ2v) is 17.6. The Morgan fingerprint density at radius 3 is 2.18 bits per heavy atom. The number of nitrogens with one attached hydrogen (secondary N) is 1. The molecule has 0 aliphatic heterocycles. The highest BCUT2D eigenvalue weighted by molar-refractivity contribution is 6.05. The summed E-state index contributed by atoms with van der Waals surface area (Å²) in [6, 6.07) is 8.30. The predicted molar refractivity (Wildman–Crippen MR) is 182 cm³/mol. The van der Waals surface area contributed by atoms with E-state index < -0.39 is 50.8 Å². The number of halogens is 3. The molecule has 5 aliphatic carbocycles. The van der Waals surface area contributed by atoms with Crippen molar-refractivity contribution in [1.82, 2.24) is 5.32 Å². The number of Topliss-reactive ketones (excluding diaryl/α,β-unsaturated/α-hetero) is 1. The minimum absolute atomic E-state index is 0.0162. The van der Waals surface area contributed by atoms with E-state index in [1.807, 2.05) is 32.1 Å². The Kier molecular flexibility index (Phi) is 8.07. The fourth-order valence-electron chi connectivity index (χ4n) is 11.3. The number of nitrogens with zero attached hydrogens (tertiary/aromatic N) is 2. The molecule has 0 radical (unpaired) electrons. The highest BCUT2D eigenvalue weighted by atomic mass is 19.4. The Morgan fingerprint density at radius 1 is 0.940 bits per heavy atom. The van der Waals surface area contributed by atoms with Gasteiger partial charge in [0, 0.05) is 28.4 Å². The molecule has 1 aromatic carbocycles. The summed E-state index contributed by atoms with van der Waals surface area (Å²) in [6.07, 6.45) is 5.37. The zero-order valence-corrected chi connectivity index (χ0v) is 30.0. The summed E-state index contributed by atoms with van der Waals surface area (Å²) in [5.41, 5.74) is -2.58. The second kappa shape index (κ2) is 11.3. The summed E-state index contributed by atoms with van der Waals surface area (Å²) in [4.78, 5) is 41.9. The Bertz CT molecular complexity index is 1850. The first-order chi connectivity index (χ1) is 23.1. The van der Waals surface area contributed by atoms with Crippen molar-refractivity contribution in [2.75, 3.05) is 0 Å². The molecule has 1 aromatic rings. The van der Waals surface area contributed by atoms with E-state index in [-0.39, 0.29) is 45.5 Å². The van der Waals surface area contributed by atoms with Gasteiger partial charge < -0.3 is 5.32 Å². The summed E-state index contributed by atoms with van der Waals surface area (Å²) in [5, 5.41) is 23.2. The maximum absolute atomic E-state index is 14.7. The smallest absolute Gasteiger partial charge is 0.347 e. The number of allylic oxidation sites excluding steroid dienone is 5. The second-order valence-electron chi connectivity index (χ2n) is 17.6. The molecule has 1 amide bonds. The van der Waals surface area contributed by atoms with Crippen LogP contribution in [0.5, 0.6) is 0 Å². The molecular formula is C41H46F3N3O3. The van der Waals surface area contributed by atoms with Crippen LogP contribution in [0.25, 0.3) is 5.57 Å². The van der Waals surface area contributed by atoms with Crippen LogP contribution in [0, 0.1) is 67.5 Å². The summed E-state index contributed by atoms with van der Waals surface area (Å²) in [5.74, 6) is -1.28. The number of carbonyl (C=O) groups is 3. The molecule has 0 spiro atoms. The Labute approximate surface area is 292 Å². The zero-order chi connectivity index (χ0) is 36.9. The molecule has 0 heterocycles. The van der Waals surface area contributed by atoms with Crippen molar-refractivity contribution < 1.29 is 27.6 Å². The summed E-state index contributed by atoms with van der Waals surface area (Å²) < 4.78 is 39.4. The van der Waals surface area contributed by atoms with E-state index in [1.54, 1.807) is 0 Å². The van der Waals surface area contributed by atoms with Crippen LogP contribution in [0.4, 0.5) is 13.2 Å². The Balaban J connectivity index is 1.39. The quantitative estimate of drug-likeness (QED) is 0.253. The number of ketones is 2. The largest absolute Gasteiger partial charge is 0.416 e. The minimum Gasteiger partial charge on any atom is -0.347 e. The van der Waals surface area contributed by atoms with Gasteiger partial charge in [-0.05, 0) is 96.8 Å². The van der Waals surface area contributed by atoms with E-state index in [4.69, 9.17) is 0 Å². The molecular weight excluding hydrogens is 639 g/mol. The van der Waals surface area contributed by atoms with E-state index in [0.29, 0.717) is 25.7 Å². The molecule has 1 unspecified atom stereocenters. The first kappa shape index (κ1) is 35.8.